The van der Waals surface area contributed by atoms with E-state index in [0.717, 1.165) is 25.9 Å². The number of sulfonamides is 1. The summed E-state index contributed by atoms with van der Waals surface area (Å²) in [4.78, 5) is 3.84. The number of aromatic nitrogens is 2. The second kappa shape index (κ2) is 6.51. The normalized spacial score (nSPS) is 19.7. The third-order valence-electron chi connectivity index (χ3n) is 2.96. The summed E-state index contributed by atoms with van der Waals surface area (Å²) >= 11 is 0. The van der Waals surface area contributed by atoms with E-state index in [1.165, 1.54) is 12.5 Å². The Bertz CT molecular complexity index is 468. The smallest absolute Gasteiger partial charge is 0.259 e. The lowest BCUT2D eigenvalue weighted by molar-refractivity contribution is 0.518. The van der Waals surface area contributed by atoms with Crippen molar-refractivity contribution in [3.05, 3.63) is 12.5 Å². The van der Waals surface area contributed by atoms with Crippen molar-refractivity contribution in [2.75, 3.05) is 19.6 Å². The van der Waals surface area contributed by atoms with Crippen LogP contribution in [0.1, 0.15) is 12.8 Å². The molecule has 0 spiro atoms. The zero-order chi connectivity index (χ0) is 12.3. The molecule has 2 heterocycles. The number of aryl methyl sites for hydroxylation is 1. The summed E-state index contributed by atoms with van der Waals surface area (Å²) in [5, 5.41) is 3.35. The lowest BCUT2D eigenvalue weighted by atomic mass is 10.1. The zero-order valence-corrected chi connectivity index (χ0v) is 11.9. The van der Waals surface area contributed by atoms with E-state index >= 15 is 0 Å². The number of nitrogens with zero attached hydrogens (tertiary/aromatic N) is 2. The van der Waals surface area contributed by atoms with E-state index in [1.807, 2.05) is 0 Å². The molecule has 1 saturated heterocycles. The molecule has 1 fully saturated rings. The Kier molecular flexibility index (Phi) is 5.58. The maximum Gasteiger partial charge on any atom is 0.259 e. The molecule has 0 bridgehead atoms. The molecule has 0 amide bonds. The van der Waals surface area contributed by atoms with Gasteiger partial charge in [0.2, 0.25) is 0 Å². The van der Waals surface area contributed by atoms with Gasteiger partial charge in [0.05, 0.1) is 6.33 Å². The number of imidazole rings is 1. The average Bonchev–Trinajstić information content (AvgIpc) is 2.89. The summed E-state index contributed by atoms with van der Waals surface area (Å²) in [6, 6.07) is 0. The highest BCUT2D eigenvalue weighted by molar-refractivity contribution is 7.89. The number of hydrogen-bond acceptors (Lipinski definition) is 4. The Balaban J connectivity index is 0.00000162. The molecule has 1 unspecified atom stereocenters. The van der Waals surface area contributed by atoms with Crippen LogP contribution in [0.25, 0.3) is 0 Å². The average molecular weight is 295 g/mol. The first-order valence-electron chi connectivity index (χ1n) is 5.76. The highest BCUT2D eigenvalue weighted by atomic mass is 35.5. The summed E-state index contributed by atoms with van der Waals surface area (Å²) in [7, 11) is -1.69. The van der Waals surface area contributed by atoms with Gasteiger partial charge < -0.3 is 9.88 Å². The fourth-order valence-electron chi connectivity index (χ4n) is 1.96. The summed E-state index contributed by atoms with van der Waals surface area (Å²) in [6.45, 7) is 2.51. The molecular weight excluding hydrogens is 276 g/mol. The van der Waals surface area contributed by atoms with E-state index in [9.17, 15) is 8.42 Å². The van der Waals surface area contributed by atoms with Crippen LogP contribution in [0.2, 0.25) is 0 Å². The third-order valence-corrected chi connectivity index (χ3v) is 4.31. The van der Waals surface area contributed by atoms with Gasteiger partial charge in [-0.1, -0.05) is 0 Å². The Morgan fingerprint density at radius 3 is 2.94 bits per heavy atom. The molecule has 1 aliphatic rings. The maximum absolute atomic E-state index is 11.8. The Morgan fingerprint density at radius 1 is 1.61 bits per heavy atom. The van der Waals surface area contributed by atoms with Gasteiger partial charge in [-0.05, 0) is 31.8 Å². The Labute approximate surface area is 114 Å². The number of rotatable bonds is 5. The molecule has 8 heteroatoms. The lowest BCUT2D eigenvalue weighted by Crippen LogP contribution is -2.27. The van der Waals surface area contributed by atoms with Gasteiger partial charge in [-0.3, -0.25) is 0 Å². The number of halogens is 1. The summed E-state index contributed by atoms with van der Waals surface area (Å²) in [5.74, 6) is 0.585. The molecule has 1 aromatic heterocycles. The van der Waals surface area contributed by atoms with Crippen molar-refractivity contribution < 1.29 is 8.42 Å². The van der Waals surface area contributed by atoms with Crippen LogP contribution in [-0.4, -0.2) is 37.6 Å². The van der Waals surface area contributed by atoms with Gasteiger partial charge in [-0.25, -0.2) is 18.1 Å². The zero-order valence-electron chi connectivity index (χ0n) is 10.3. The summed E-state index contributed by atoms with van der Waals surface area (Å²) < 4.78 is 27.8. The van der Waals surface area contributed by atoms with Gasteiger partial charge >= 0.3 is 0 Å². The molecule has 1 aromatic rings. The molecule has 0 saturated carbocycles. The monoisotopic (exact) mass is 294 g/mol. The largest absolute Gasteiger partial charge is 0.339 e. The van der Waals surface area contributed by atoms with Crippen molar-refractivity contribution >= 4 is 22.4 Å². The maximum atomic E-state index is 11.8. The minimum atomic E-state index is -3.43. The second-order valence-electron chi connectivity index (χ2n) is 4.42. The molecule has 1 aliphatic heterocycles. The summed E-state index contributed by atoms with van der Waals surface area (Å²) in [5.41, 5.74) is 0. The standard InChI is InChI=1S/C10H18N4O2S.ClH/c1-14-7-10(12-8-14)17(15,16)13-5-3-9-2-4-11-6-9;/h7-9,11,13H,2-6H2,1H3;1H. The fourth-order valence-corrected chi connectivity index (χ4v) is 2.99. The molecule has 6 nitrogen and oxygen atoms in total. The molecule has 1 atom stereocenters. The van der Waals surface area contributed by atoms with Gasteiger partial charge in [0.1, 0.15) is 0 Å². The first-order chi connectivity index (χ1) is 8.08. The number of hydrogen-bond donors (Lipinski definition) is 2. The minimum Gasteiger partial charge on any atom is -0.339 e. The van der Waals surface area contributed by atoms with Crippen molar-refractivity contribution in [2.24, 2.45) is 13.0 Å². The molecule has 0 aromatic carbocycles. The fraction of sp³-hybridized carbons (Fsp3) is 0.700. The van der Waals surface area contributed by atoms with E-state index in [4.69, 9.17) is 0 Å². The Morgan fingerprint density at radius 2 is 2.39 bits per heavy atom. The first kappa shape index (κ1) is 15.4. The van der Waals surface area contributed by atoms with Crippen LogP contribution >= 0.6 is 12.4 Å². The highest BCUT2D eigenvalue weighted by Gasteiger charge is 2.18. The van der Waals surface area contributed by atoms with Crippen LogP contribution in [0.3, 0.4) is 0 Å². The van der Waals surface area contributed by atoms with Gasteiger partial charge in [-0.15, -0.1) is 12.4 Å². The van der Waals surface area contributed by atoms with Gasteiger partial charge in [-0.2, -0.15) is 0 Å². The van der Waals surface area contributed by atoms with Crippen LogP contribution in [0.4, 0.5) is 0 Å². The lowest BCUT2D eigenvalue weighted by Gasteiger charge is -2.08. The van der Waals surface area contributed by atoms with E-state index in [0.29, 0.717) is 12.5 Å². The summed E-state index contributed by atoms with van der Waals surface area (Å²) in [6.07, 6.45) is 4.99. The Hall–Kier alpha value is -0.630. The quantitative estimate of drug-likeness (QED) is 0.809. The third kappa shape index (κ3) is 3.94. The predicted octanol–water partition coefficient (Wildman–Crippen LogP) is 0.120. The van der Waals surface area contributed by atoms with Crippen molar-refractivity contribution in [3.63, 3.8) is 0 Å². The highest BCUT2D eigenvalue weighted by Crippen LogP contribution is 2.11. The SMILES string of the molecule is Cl.Cn1cnc(S(=O)(=O)NCCC2CCNC2)c1. The van der Waals surface area contributed by atoms with Crippen LogP contribution in [0, 0.1) is 5.92 Å². The topological polar surface area (TPSA) is 76.0 Å². The van der Waals surface area contributed by atoms with E-state index in [2.05, 4.69) is 15.0 Å². The van der Waals surface area contributed by atoms with Crippen LogP contribution < -0.4 is 10.0 Å². The predicted molar refractivity (Wildman–Crippen MR) is 71.2 cm³/mol. The van der Waals surface area contributed by atoms with E-state index < -0.39 is 10.0 Å². The second-order valence-corrected chi connectivity index (χ2v) is 6.14. The molecule has 18 heavy (non-hydrogen) atoms. The minimum absolute atomic E-state index is 0. The van der Waals surface area contributed by atoms with Gasteiger partial charge in [0, 0.05) is 19.8 Å². The van der Waals surface area contributed by atoms with Gasteiger partial charge in [0.25, 0.3) is 10.0 Å². The molecule has 0 radical (unpaired) electrons. The first-order valence-corrected chi connectivity index (χ1v) is 7.24. The molecule has 0 aliphatic carbocycles. The van der Waals surface area contributed by atoms with Crippen molar-refractivity contribution in [3.8, 4) is 0 Å². The van der Waals surface area contributed by atoms with Crippen LogP contribution in [-0.2, 0) is 17.1 Å². The van der Waals surface area contributed by atoms with E-state index in [1.54, 1.807) is 11.6 Å². The molecule has 104 valence electrons. The van der Waals surface area contributed by atoms with Crippen LogP contribution in [0.5, 0.6) is 0 Å². The number of nitrogens with one attached hydrogen (secondary N) is 2. The van der Waals surface area contributed by atoms with Gasteiger partial charge in [0.15, 0.2) is 5.03 Å². The molecular formula is C10H19ClN4O2S. The van der Waals surface area contributed by atoms with Crippen molar-refractivity contribution in [1.82, 2.24) is 19.6 Å². The molecule has 2 N–H and O–H groups in total. The molecule has 2 rings (SSSR count). The van der Waals surface area contributed by atoms with E-state index in [-0.39, 0.29) is 17.4 Å². The van der Waals surface area contributed by atoms with Crippen molar-refractivity contribution in [1.29, 1.82) is 0 Å². The van der Waals surface area contributed by atoms with Crippen LogP contribution in [0.15, 0.2) is 17.6 Å². The van der Waals surface area contributed by atoms with Crippen molar-refractivity contribution in [2.45, 2.75) is 17.9 Å².